The third-order valence-corrected chi connectivity index (χ3v) is 9.71. The standard InChI is InChI=1S/C22H40S2/c1-4-22(9-10-23)15(2)11-21(22)20-8-7-19(13-20)16(3)18-6-5-17(12-18)14-24/h15-21,23-24H,4-14H2,1-3H3. The predicted molar refractivity (Wildman–Crippen MR) is 113 cm³/mol. The second kappa shape index (κ2) is 8.15. The van der Waals surface area contributed by atoms with Gasteiger partial charge in [-0.15, -0.1) is 0 Å². The Hall–Kier alpha value is 0.700. The summed E-state index contributed by atoms with van der Waals surface area (Å²) in [6, 6.07) is 0. The van der Waals surface area contributed by atoms with Crippen LogP contribution in [-0.2, 0) is 0 Å². The van der Waals surface area contributed by atoms with Gasteiger partial charge in [0.05, 0.1) is 0 Å². The third-order valence-electron chi connectivity index (χ3n) is 8.97. The van der Waals surface area contributed by atoms with Gasteiger partial charge in [0.15, 0.2) is 0 Å². The second-order valence-corrected chi connectivity index (χ2v) is 10.4. The number of thiol groups is 2. The summed E-state index contributed by atoms with van der Waals surface area (Å²) in [5.74, 6) is 9.04. The van der Waals surface area contributed by atoms with E-state index in [2.05, 4.69) is 46.0 Å². The molecular weight excluding hydrogens is 328 g/mol. The maximum atomic E-state index is 4.60. The molecule has 0 aliphatic heterocycles. The van der Waals surface area contributed by atoms with Crippen molar-refractivity contribution >= 4 is 25.3 Å². The molecule has 0 bridgehead atoms. The fourth-order valence-electron chi connectivity index (χ4n) is 7.18. The van der Waals surface area contributed by atoms with Gasteiger partial charge >= 0.3 is 0 Å². The van der Waals surface area contributed by atoms with Crippen molar-refractivity contribution in [1.29, 1.82) is 0 Å². The van der Waals surface area contributed by atoms with E-state index < -0.39 is 0 Å². The molecule has 24 heavy (non-hydrogen) atoms. The summed E-state index contributed by atoms with van der Waals surface area (Å²) in [6.45, 7) is 7.54. The lowest BCUT2D eigenvalue weighted by Crippen LogP contribution is -2.50. The molecule has 0 amide bonds. The van der Waals surface area contributed by atoms with Crippen molar-refractivity contribution in [2.45, 2.75) is 78.6 Å². The third kappa shape index (κ3) is 3.45. The molecule has 0 N–H and O–H groups in total. The molecule has 3 fully saturated rings. The maximum absolute atomic E-state index is 4.60. The van der Waals surface area contributed by atoms with Crippen molar-refractivity contribution in [3.8, 4) is 0 Å². The predicted octanol–water partition coefficient (Wildman–Crippen LogP) is 6.76. The summed E-state index contributed by atoms with van der Waals surface area (Å²) in [5, 5.41) is 0. The molecule has 0 saturated heterocycles. The van der Waals surface area contributed by atoms with Crippen LogP contribution < -0.4 is 0 Å². The molecular formula is C22H40S2. The Bertz CT molecular complexity index is 409. The Morgan fingerprint density at radius 1 is 1.00 bits per heavy atom. The van der Waals surface area contributed by atoms with Gasteiger partial charge in [0, 0.05) is 0 Å². The molecule has 3 aliphatic rings. The molecule has 0 aromatic rings. The Kier molecular flexibility index (Phi) is 6.61. The number of rotatable bonds is 7. The monoisotopic (exact) mass is 368 g/mol. The Morgan fingerprint density at radius 3 is 2.29 bits per heavy atom. The molecule has 3 rings (SSSR count). The van der Waals surface area contributed by atoms with Gasteiger partial charge in [0.1, 0.15) is 0 Å². The van der Waals surface area contributed by atoms with Gasteiger partial charge in [-0.3, -0.25) is 0 Å². The first kappa shape index (κ1) is 19.5. The van der Waals surface area contributed by atoms with Gasteiger partial charge < -0.3 is 0 Å². The van der Waals surface area contributed by atoms with Crippen molar-refractivity contribution in [2.24, 2.45) is 46.8 Å². The zero-order chi connectivity index (χ0) is 17.3. The van der Waals surface area contributed by atoms with Gasteiger partial charge in [-0.1, -0.05) is 20.8 Å². The number of hydrogen-bond donors (Lipinski definition) is 2. The minimum atomic E-state index is 0.634. The van der Waals surface area contributed by atoms with Crippen LogP contribution in [0.25, 0.3) is 0 Å². The summed E-state index contributed by atoms with van der Waals surface area (Å²) in [6.07, 6.45) is 13.2. The first-order chi connectivity index (χ1) is 11.6. The van der Waals surface area contributed by atoms with E-state index in [-0.39, 0.29) is 0 Å². The SMILES string of the molecule is CCC1(CCS)C(C)CC1C1CCC(C(C)C2CCC(CS)C2)C1. The summed E-state index contributed by atoms with van der Waals surface area (Å²) in [4.78, 5) is 0. The second-order valence-electron chi connectivity index (χ2n) is 9.62. The lowest BCUT2D eigenvalue weighted by Gasteiger charge is -2.58. The summed E-state index contributed by atoms with van der Waals surface area (Å²) in [5.41, 5.74) is 0.634. The average molecular weight is 369 g/mol. The van der Waals surface area contributed by atoms with Gasteiger partial charge in [-0.05, 0) is 116 Å². The van der Waals surface area contributed by atoms with E-state index in [9.17, 15) is 0 Å². The molecule has 0 spiro atoms. The van der Waals surface area contributed by atoms with Crippen LogP contribution in [0.5, 0.6) is 0 Å². The molecule has 140 valence electrons. The highest BCUT2D eigenvalue weighted by Crippen LogP contribution is 2.62. The maximum Gasteiger partial charge on any atom is -0.00694 e. The summed E-state index contributed by atoms with van der Waals surface area (Å²) >= 11 is 9.15. The van der Waals surface area contributed by atoms with Crippen molar-refractivity contribution in [1.82, 2.24) is 0 Å². The molecule has 8 atom stereocenters. The quantitative estimate of drug-likeness (QED) is 0.456. The smallest absolute Gasteiger partial charge is 0.00694 e. The van der Waals surface area contributed by atoms with Crippen molar-refractivity contribution in [3.63, 3.8) is 0 Å². The van der Waals surface area contributed by atoms with Crippen molar-refractivity contribution < 1.29 is 0 Å². The lowest BCUT2D eigenvalue weighted by atomic mass is 9.47. The molecule has 0 radical (unpaired) electrons. The van der Waals surface area contributed by atoms with Gasteiger partial charge in [0.2, 0.25) is 0 Å². The summed E-state index contributed by atoms with van der Waals surface area (Å²) in [7, 11) is 0. The largest absolute Gasteiger partial charge is 0.179 e. The van der Waals surface area contributed by atoms with E-state index in [1.54, 1.807) is 0 Å². The first-order valence-electron chi connectivity index (χ1n) is 10.8. The van der Waals surface area contributed by atoms with Crippen LogP contribution in [0.2, 0.25) is 0 Å². The zero-order valence-electron chi connectivity index (χ0n) is 16.2. The fraction of sp³-hybridized carbons (Fsp3) is 1.00. The van der Waals surface area contributed by atoms with Crippen LogP contribution in [-0.4, -0.2) is 11.5 Å². The minimum absolute atomic E-state index is 0.634. The number of hydrogen-bond acceptors (Lipinski definition) is 2. The van der Waals surface area contributed by atoms with Gasteiger partial charge in [-0.25, -0.2) is 0 Å². The molecule has 3 aliphatic carbocycles. The normalized spacial score (nSPS) is 46.9. The van der Waals surface area contributed by atoms with E-state index >= 15 is 0 Å². The molecule has 0 heterocycles. The Labute approximate surface area is 162 Å². The highest BCUT2D eigenvalue weighted by molar-refractivity contribution is 7.80. The molecule has 3 saturated carbocycles. The van der Waals surface area contributed by atoms with Gasteiger partial charge in [0.25, 0.3) is 0 Å². The molecule has 0 aromatic heterocycles. The molecule has 0 aromatic carbocycles. The highest BCUT2D eigenvalue weighted by atomic mass is 32.1. The summed E-state index contributed by atoms with van der Waals surface area (Å²) < 4.78 is 0. The van der Waals surface area contributed by atoms with E-state index in [4.69, 9.17) is 0 Å². The van der Waals surface area contributed by atoms with Crippen molar-refractivity contribution in [3.05, 3.63) is 0 Å². The van der Waals surface area contributed by atoms with E-state index in [1.165, 1.54) is 57.8 Å². The van der Waals surface area contributed by atoms with E-state index in [0.717, 1.165) is 52.9 Å². The van der Waals surface area contributed by atoms with Crippen LogP contribution >= 0.6 is 25.3 Å². The zero-order valence-corrected chi connectivity index (χ0v) is 18.0. The Morgan fingerprint density at radius 2 is 1.71 bits per heavy atom. The first-order valence-corrected chi connectivity index (χ1v) is 12.0. The topological polar surface area (TPSA) is 0 Å². The van der Waals surface area contributed by atoms with Crippen LogP contribution in [0.15, 0.2) is 0 Å². The van der Waals surface area contributed by atoms with Gasteiger partial charge in [-0.2, -0.15) is 25.3 Å². The molecule has 2 heteroatoms. The average Bonchev–Trinajstić information content (AvgIpc) is 3.25. The molecule has 8 unspecified atom stereocenters. The van der Waals surface area contributed by atoms with E-state index in [1.807, 2.05) is 0 Å². The van der Waals surface area contributed by atoms with Crippen LogP contribution in [0.4, 0.5) is 0 Å². The van der Waals surface area contributed by atoms with Crippen LogP contribution in [0.1, 0.15) is 78.6 Å². The van der Waals surface area contributed by atoms with E-state index in [0.29, 0.717) is 5.41 Å². The Balaban J connectivity index is 1.57. The lowest BCUT2D eigenvalue weighted by molar-refractivity contribution is -0.0835. The van der Waals surface area contributed by atoms with Crippen LogP contribution in [0.3, 0.4) is 0 Å². The van der Waals surface area contributed by atoms with Crippen molar-refractivity contribution in [2.75, 3.05) is 11.5 Å². The highest BCUT2D eigenvalue weighted by Gasteiger charge is 2.54. The molecule has 0 nitrogen and oxygen atoms in total. The van der Waals surface area contributed by atoms with Crippen LogP contribution in [0, 0.1) is 46.8 Å². The minimum Gasteiger partial charge on any atom is -0.179 e. The fourth-order valence-corrected chi connectivity index (χ4v) is 7.93.